The molecule has 0 aromatic carbocycles. The van der Waals surface area contributed by atoms with Crippen molar-refractivity contribution in [3.8, 4) is 0 Å². The van der Waals surface area contributed by atoms with Gasteiger partial charge in [-0.2, -0.15) is 11.3 Å². The molecule has 2 aromatic heterocycles. The van der Waals surface area contributed by atoms with E-state index in [-0.39, 0.29) is 18.6 Å². The Kier molecular flexibility index (Phi) is 4.46. The van der Waals surface area contributed by atoms with E-state index in [0.717, 1.165) is 0 Å². The van der Waals surface area contributed by atoms with E-state index in [1.165, 1.54) is 17.6 Å². The van der Waals surface area contributed by atoms with Gasteiger partial charge in [0.1, 0.15) is 5.76 Å². The lowest BCUT2D eigenvalue weighted by Crippen LogP contribution is -2.46. The maximum Gasteiger partial charge on any atom is 0.315 e. The third-order valence-electron chi connectivity index (χ3n) is 2.85. The fourth-order valence-corrected chi connectivity index (χ4v) is 2.59. The third kappa shape index (κ3) is 3.20. The number of carbonyl (C=O) groups excluding carboxylic acids is 1. The molecular formula is C14H18N2O3S. The summed E-state index contributed by atoms with van der Waals surface area (Å²) in [6.07, 6.45) is 1.50. The van der Waals surface area contributed by atoms with E-state index in [1.807, 2.05) is 30.7 Å². The molecule has 3 N–H and O–H groups in total. The fraction of sp³-hybridized carbons (Fsp3) is 0.357. The Hall–Kier alpha value is -1.79. The van der Waals surface area contributed by atoms with Gasteiger partial charge in [-0.3, -0.25) is 0 Å². The number of hydrogen-bond acceptors (Lipinski definition) is 4. The van der Waals surface area contributed by atoms with Gasteiger partial charge in [0, 0.05) is 11.6 Å². The Morgan fingerprint density at radius 1 is 1.50 bits per heavy atom. The number of rotatable bonds is 5. The molecule has 2 amide bonds. The molecule has 0 saturated heterocycles. The van der Waals surface area contributed by atoms with Crippen LogP contribution in [0.3, 0.4) is 0 Å². The van der Waals surface area contributed by atoms with E-state index < -0.39 is 5.60 Å². The highest BCUT2D eigenvalue weighted by Gasteiger charge is 2.35. The fourth-order valence-electron chi connectivity index (χ4n) is 1.87. The van der Waals surface area contributed by atoms with Gasteiger partial charge in [0.05, 0.1) is 12.8 Å². The topological polar surface area (TPSA) is 74.5 Å². The van der Waals surface area contributed by atoms with Crippen molar-refractivity contribution >= 4 is 17.4 Å². The first-order chi connectivity index (χ1) is 9.52. The zero-order valence-corrected chi connectivity index (χ0v) is 12.2. The van der Waals surface area contributed by atoms with E-state index in [0.29, 0.717) is 11.3 Å². The van der Waals surface area contributed by atoms with Crippen LogP contribution in [0.5, 0.6) is 0 Å². The molecule has 2 aromatic rings. The summed E-state index contributed by atoms with van der Waals surface area (Å²) in [6.45, 7) is 3.78. The lowest BCUT2D eigenvalue weighted by Gasteiger charge is -2.26. The molecule has 5 nitrogen and oxygen atoms in total. The summed E-state index contributed by atoms with van der Waals surface area (Å²) in [5.41, 5.74) is -0.667. The predicted molar refractivity (Wildman–Crippen MR) is 77.7 cm³/mol. The van der Waals surface area contributed by atoms with Gasteiger partial charge in [0.15, 0.2) is 5.60 Å². The van der Waals surface area contributed by atoms with E-state index >= 15 is 0 Å². The predicted octanol–water partition coefficient (Wildman–Crippen LogP) is 2.28. The van der Waals surface area contributed by atoms with Crippen LogP contribution >= 0.6 is 11.3 Å². The molecule has 20 heavy (non-hydrogen) atoms. The van der Waals surface area contributed by atoms with Crippen molar-refractivity contribution in [2.45, 2.75) is 25.5 Å². The van der Waals surface area contributed by atoms with E-state index in [2.05, 4.69) is 10.6 Å². The minimum Gasteiger partial charge on any atom is -0.466 e. The normalized spacial score (nSPS) is 14.0. The maximum atomic E-state index is 11.7. The van der Waals surface area contributed by atoms with Crippen molar-refractivity contribution in [2.24, 2.45) is 0 Å². The number of carbonyl (C=O) groups is 1. The Labute approximate surface area is 121 Å². The zero-order chi connectivity index (χ0) is 14.6. The third-order valence-corrected chi connectivity index (χ3v) is 3.54. The molecule has 2 rings (SSSR count). The lowest BCUT2D eigenvalue weighted by atomic mass is 9.93. The second kappa shape index (κ2) is 6.11. The highest BCUT2D eigenvalue weighted by molar-refractivity contribution is 7.08. The number of hydrogen-bond donors (Lipinski definition) is 3. The van der Waals surface area contributed by atoms with Crippen molar-refractivity contribution in [2.75, 3.05) is 6.54 Å². The van der Waals surface area contributed by atoms with Crippen molar-refractivity contribution in [3.63, 3.8) is 0 Å². The summed E-state index contributed by atoms with van der Waals surface area (Å²) in [6, 6.07) is 4.93. The van der Waals surface area contributed by atoms with Crippen molar-refractivity contribution < 1.29 is 14.3 Å². The van der Waals surface area contributed by atoms with Crippen LogP contribution in [0.25, 0.3) is 0 Å². The maximum absolute atomic E-state index is 11.7. The Bertz CT molecular complexity index is 501. The number of amides is 2. The number of urea groups is 1. The first-order valence-corrected chi connectivity index (χ1v) is 7.30. The summed E-state index contributed by atoms with van der Waals surface area (Å²) in [7, 11) is 0. The molecule has 0 spiro atoms. The lowest BCUT2D eigenvalue weighted by molar-refractivity contribution is 0.0591. The van der Waals surface area contributed by atoms with Crippen molar-refractivity contribution in [1.82, 2.24) is 10.6 Å². The number of nitrogens with one attached hydrogen (secondary N) is 2. The van der Waals surface area contributed by atoms with Crippen molar-refractivity contribution in [3.05, 3.63) is 46.5 Å². The molecule has 1 atom stereocenters. The minimum atomic E-state index is -1.36. The molecule has 0 aliphatic rings. The van der Waals surface area contributed by atoms with E-state index in [4.69, 9.17) is 4.42 Å². The first kappa shape index (κ1) is 14.6. The van der Waals surface area contributed by atoms with Crippen LogP contribution in [0.1, 0.15) is 25.2 Å². The van der Waals surface area contributed by atoms with Gasteiger partial charge in [-0.1, -0.05) is 0 Å². The number of thiophene rings is 1. The summed E-state index contributed by atoms with van der Waals surface area (Å²) in [5, 5.41) is 20.0. The van der Waals surface area contributed by atoms with Gasteiger partial charge in [0.2, 0.25) is 0 Å². The van der Waals surface area contributed by atoms with E-state index in [1.54, 1.807) is 12.1 Å². The van der Waals surface area contributed by atoms with Crippen molar-refractivity contribution in [1.29, 1.82) is 0 Å². The van der Waals surface area contributed by atoms with Gasteiger partial charge in [-0.05, 0) is 42.8 Å². The second-order valence-electron chi connectivity index (χ2n) is 4.83. The SMILES string of the molecule is CC(C)NC(=O)NC[C@](O)(c1ccsc1)c1ccco1. The van der Waals surface area contributed by atoms with Crippen LogP contribution in [-0.2, 0) is 5.60 Å². The molecule has 108 valence electrons. The standard InChI is InChI=1S/C14H18N2O3S/c1-10(2)16-13(17)15-9-14(18,11-5-7-20-8-11)12-4-3-6-19-12/h3-8,10,18H,9H2,1-2H3,(H2,15,16,17)/t14-/m0/s1. The Morgan fingerprint density at radius 2 is 2.30 bits per heavy atom. The summed E-state index contributed by atoms with van der Waals surface area (Å²) < 4.78 is 5.32. The Morgan fingerprint density at radius 3 is 2.85 bits per heavy atom. The number of aliphatic hydroxyl groups is 1. The van der Waals surface area contributed by atoms with Crippen LogP contribution in [0.15, 0.2) is 39.6 Å². The average molecular weight is 294 g/mol. The first-order valence-electron chi connectivity index (χ1n) is 6.36. The smallest absolute Gasteiger partial charge is 0.315 e. The Balaban J connectivity index is 2.15. The molecule has 0 radical (unpaired) electrons. The second-order valence-corrected chi connectivity index (χ2v) is 5.61. The van der Waals surface area contributed by atoms with Gasteiger partial charge < -0.3 is 20.2 Å². The zero-order valence-electron chi connectivity index (χ0n) is 11.4. The molecule has 6 heteroatoms. The van der Waals surface area contributed by atoms with Crippen LogP contribution in [-0.4, -0.2) is 23.7 Å². The molecule has 2 heterocycles. The van der Waals surface area contributed by atoms with Gasteiger partial charge >= 0.3 is 6.03 Å². The van der Waals surface area contributed by atoms with Crippen LogP contribution < -0.4 is 10.6 Å². The molecule has 0 unspecified atom stereocenters. The van der Waals surface area contributed by atoms with Gasteiger partial charge in [-0.15, -0.1) is 0 Å². The van der Waals surface area contributed by atoms with E-state index in [9.17, 15) is 9.90 Å². The van der Waals surface area contributed by atoms with Gasteiger partial charge in [-0.25, -0.2) is 4.79 Å². The molecule has 0 saturated carbocycles. The quantitative estimate of drug-likeness (QED) is 0.792. The summed E-state index contributed by atoms with van der Waals surface area (Å²) >= 11 is 1.48. The molecular weight excluding hydrogens is 276 g/mol. The number of furan rings is 1. The largest absolute Gasteiger partial charge is 0.466 e. The monoisotopic (exact) mass is 294 g/mol. The minimum absolute atomic E-state index is 0.0350. The van der Waals surface area contributed by atoms with Crippen LogP contribution in [0.4, 0.5) is 4.79 Å². The average Bonchev–Trinajstić information content (AvgIpc) is 3.07. The molecule has 0 fully saturated rings. The highest BCUT2D eigenvalue weighted by atomic mass is 32.1. The highest BCUT2D eigenvalue weighted by Crippen LogP contribution is 2.30. The van der Waals surface area contributed by atoms with Crippen LogP contribution in [0.2, 0.25) is 0 Å². The molecule has 0 aliphatic carbocycles. The summed E-state index contributed by atoms with van der Waals surface area (Å²) in [5.74, 6) is 0.403. The van der Waals surface area contributed by atoms with Gasteiger partial charge in [0.25, 0.3) is 0 Å². The molecule has 0 aliphatic heterocycles. The summed E-state index contributed by atoms with van der Waals surface area (Å²) in [4.78, 5) is 11.7. The molecule has 0 bridgehead atoms. The van der Waals surface area contributed by atoms with Crippen LogP contribution in [0, 0.1) is 0 Å².